The molecular formula is C19H22ClNO3S. The number of hydrogen-bond donors (Lipinski definition) is 0. The quantitative estimate of drug-likeness (QED) is 0.618. The molecule has 0 N–H and O–H groups in total. The van der Waals surface area contributed by atoms with Crippen LogP contribution in [0.3, 0.4) is 0 Å². The van der Waals surface area contributed by atoms with Crippen LogP contribution in [0.25, 0.3) is 0 Å². The summed E-state index contributed by atoms with van der Waals surface area (Å²) < 4.78 is 11.6. The predicted molar refractivity (Wildman–Crippen MR) is 103 cm³/mol. The summed E-state index contributed by atoms with van der Waals surface area (Å²) in [5.41, 5.74) is 1.44. The van der Waals surface area contributed by atoms with Crippen molar-refractivity contribution >= 4 is 28.8 Å². The molecule has 0 aliphatic heterocycles. The van der Waals surface area contributed by atoms with Crippen LogP contribution in [0.2, 0.25) is 4.34 Å². The van der Waals surface area contributed by atoms with Crippen LogP contribution in [0.5, 0.6) is 11.5 Å². The summed E-state index contributed by atoms with van der Waals surface area (Å²) in [7, 11) is 3.15. The van der Waals surface area contributed by atoms with Crippen LogP contribution in [0.15, 0.2) is 36.9 Å². The van der Waals surface area contributed by atoms with Crippen molar-refractivity contribution in [3.05, 3.63) is 57.3 Å². The number of halogens is 1. The zero-order valence-electron chi connectivity index (χ0n) is 14.7. The Bertz CT molecular complexity index is 757. The third kappa shape index (κ3) is 4.55. The van der Waals surface area contributed by atoms with Gasteiger partial charge in [-0.05, 0) is 37.6 Å². The van der Waals surface area contributed by atoms with Crippen molar-refractivity contribution in [1.82, 2.24) is 4.90 Å². The first kappa shape index (κ1) is 19.3. The van der Waals surface area contributed by atoms with Gasteiger partial charge in [-0.3, -0.25) is 4.79 Å². The van der Waals surface area contributed by atoms with Crippen molar-refractivity contribution in [3.63, 3.8) is 0 Å². The Morgan fingerprint density at radius 3 is 2.60 bits per heavy atom. The number of carbonyl (C=O) groups excluding carboxylic acids is 1. The van der Waals surface area contributed by atoms with Gasteiger partial charge in [-0.2, -0.15) is 0 Å². The molecule has 0 fully saturated rings. The van der Waals surface area contributed by atoms with Crippen molar-refractivity contribution in [3.8, 4) is 11.5 Å². The molecule has 1 aromatic carbocycles. The minimum Gasteiger partial charge on any atom is -0.493 e. The first-order chi connectivity index (χ1) is 12.0. The fourth-order valence-corrected chi connectivity index (χ4v) is 3.71. The van der Waals surface area contributed by atoms with Gasteiger partial charge in [0.2, 0.25) is 0 Å². The minimum atomic E-state index is -0.0571. The van der Waals surface area contributed by atoms with Gasteiger partial charge in [0, 0.05) is 22.5 Å². The normalized spacial score (nSPS) is 10.4. The Kier molecular flexibility index (Phi) is 6.91. The van der Waals surface area contributed by atoms with Crippen LogP contribution in [0.1, 0.15) is 27.7 Å². The molecule has 0 aliphatic rings. The highest BCUT2D eigenvalue weighted by atomic mass is 35.5. The van der Waals surface area contributed by atoms with E-state index in [2.05, 4.69) is 6.58 Å². The number of nitrogens with zero attached hydrogens (tertiary/aromatic N) is 1. The van der Waals surface area contributed by atoms with E-state index < -0.39 is 0 Å². The fourth-order valence-electron chi connectivity index (χ4n) is 2.61. The molecule has 2 rings (SSSR count). The van der Waals surface area contributed by atoms with Crippen molar-refractivity contribution in [2.75, 3.05) is 20.8 Å². The van der Waals surface area contributed by atoms with Gasteiger partial charge in [0.05, 0.1) is 25.1 Å². The summed E-state index contributed by atoms with van der Waals surface area (Å²) in [6, 6.07) is 7.35. The Balaban J connectivity index is 2.35. The van der Waals surface area contributed by atoms with E-state index in [0.29, 0.717) is 36.6 Å². The second-order valence-corrected chi connectivity index (χ2v) is 7.19. The monoisotopic (exact) mass is 379 g/mol. The highest BCUT2D eigenvalue weighted by Crippen LogP contribution is 2.34. The second-order valence-electron chi connectivity index (χ2n) is 5.39. The molecular weight excluding hydrogens is 358 g/mol. The van der Waals surface area contributed by atoms with Gasteiger partial charge < -0.3 is 14.4 Å². The van der Waals surface area contributed by atoms with Gasteiger partial charge in [-0.15, -0.1) is 17.9 Å². The summed E-state index contributed by atoms with van der Waals surface area (Å²) in [6.07, 6.45) is 2.37. The number of amides is 1. The standard InChI is InChI=1S/C19H22ClNO3S/c1-5-7-13-10-14(11-16(23-3)18(13)24-4)19(22)21(6-2)12-15-8-9-17(20)25-15/h5,8-11H,1,6-7,12H2,2-4H3. The van der Waals surface area contributed by atoms with Crippen LogP contribution < -0.4 is 9.47 Å². The maximum Gasteiger partial charge on any atom is 0.254 e. The molecule has 1 amide bonds. The summed E-state index contributed by atoms with van der Waals surface area (Å²) >= 11 is 7.47. The van der Waals surface area contributed by atoms with E-state index in [-0.39, 0.29) is 5.91 Å². The molecule has 134 valence electrons. The Morgan fingerprint density at radius 2 is 2.08 bits per heavy atom. The number of allylic oxidation sites excluding steroid dienone is 1. The lowest BCUT2D eigenvalue weighted by molar-refractivity contribution is 0.0753. The lowest BCUT2D eigenvalue weighted by Gasteiger charge is -2.22. The van der Waals surface area contributed by atoms with Gasteiger partial charge in [-0.25, -0.2) is 0 Å². The molecule has 2 aromatic rings. The molecule has 25 heavy (non-hydrogen) atoms. The van der Waals surface area contributed by atoms with Crippen LogP contribution >= 0.6 is 22.9 Å². The van der Waals surface area contributed by atoms with Crippen molar-refractivity contribution in [2.24, 2.45) is 0 Å². The Hall–Kier alpha value is -1.98. The fraction of sp³-hybridized carbons (Fsp3) is 0.316. The van der Waals surface area contributed by atoms with E-state index in [1.807, 2.05) is 25.1 Å². The molecule has 0 bridgehead atoms. The number of carbonyl (C=O) groups is 1. The van der Waals surface area contributed by atoms with E-state index >= 15 is 0 Å². The molecule has 0 atom stereocenters. The molecule has 0 radical (unpaired) electrons. The molecule has 0 saturated heterocycles. The van der Waals surface area contributed by atoms with Gasteiger partial charge >= 0.3 is 0 Å². The van der Waals surface area contributed by atoms with Gasteiger partial charge in [0.25, 0.3) is 5.91 Å². The summed E-state index contributed by atoms with van der Waals surface area (Å²) in [6.45, 7) is 6.85. The zero-order chi connectivity index (χ0) is 18.4. The molecule has 0 unspecified atom stereocenters. The average Bonchev–Trinajstić information content (AvgIpc) is 3.03. The number of rotatable bonds is 8. The summed E-state index contributed by atoms with van der Waals surface area (Å²) in [5.74, 6) is 1.12. The Morgan fingerprint density at radius 1 is 1.32 bits per heavy atom. The molecule has 0 saturated carbocycles. The molecule has 0 spiro atoms. The number of hydrogen-bond acceptors (Lipinski definition) is 4. The first-order valence-corrected chi connectivity index (χ1v) is 9.12. The van der Waals surface area contributed by atoms with Crippen LogP contribution in [0.4, 0.5) is 0 Å². The highest BCUT2D eigenvalue weighted by Gasteiger charge is 2.20. The molecule has 0 aliphatic carbocycles. The van der Waals surface area contributed by atoms with Crippen LogP contribution in [0, 0.1) is 0 Å². The van der Waals surface area contributed by atoms with Crippen LogP contribution in [-0.4, -0.2) is 31.6 Å². The molecule has 4 nitrogen and oxygen atoms in total. The van der Waals surface area contributed by atoms with E-state index in [4.69, 9.17) is 21.1 Å². The zero-order valence-corrected chi connectivity index (χ0v) is 16.2. The number of thiophene rings is 1. The summed E-state index contributed by atoms with van der Waals surface area (Å²) in [4.78, 5) is 15.8. The van der Waals surface area contributed by atoms with E-state index in [1.54, 1.807) is 31.3 Å². The van der Waals surface area contributed by atoms with Crippen molar-refractivity contribution in [1.29, 1.82) is 0 Å². The molecule has 1 heterocycles. The maximum absolute atomic E-state index is 13.0. The minimum absolute atomic E-state index is 0.0571. The Labute approximate surface area is 157 Å². The lowest BCUT2D eigenvalue weighted by Crippen LogP contribution is -2.30. The largest absolute Gasteiger partial charge is 0.493 e. The third-order valence-electron chi connectivity index (χ3n) is 3.81. The topological polar surface area (TPSA) is 38.8 Å². The summed E-state index contributed by atoms with van der Waals surface area (Å²) in [5, 5.41) is 0. The molecule has 6 heteroatoms. The lowest BCUT2D eigenvalue weighted by atomic mass is 10.0. The van der Waals surface area contributed by atoms with Gasteiger partial charge in [-0.1, -0.05) is 17.7 Å². The third-order valence-corrected chi connectivity index (χ3v) is 5.03. The number of benzene rings is 1. The predicted octanol–water partition coefficient (Wildman–Crippen LogP) is 4.81. The highest BCUT2D eigenvalue weighted by molar-refractivity contribution is 7.16. The maximum atomic E-state index is 13.0. The number of methoxy groups -OCH3 is 2. The number of ether oxygens (including phenoxy) is 2. The average molecular weight is 380 g/mol. The van der Waals surface area contributed by atoms with Gasteiger partial charge in [0.15, 0.2) is 11.5 Å². The molecule has 1 aromatic heterocycles. The van der Waals surface area contributed by atoms with E-state index in [9.17, 15) is 4.79 Å². The van der Waals surface area contributed by atoms with Crippen molar-refractivity contribution in [2.45, 2.75) is 19.9 Å². The van der Waals surface area contributed by atoms with Crippen molar-refractivity contribution < 1.29 is 14.3 Å². The SMILES string of the molecule is C=CCc1cc(C(=O)N(CC)Cc2ccc(Cl)s2)cc(OC)c1OC. The van der Waals surface area contributed by atoms with E-state index in [1.165, 1.54) is 11.3 Å². The smallest absolute Gasteiger partial charge is 0.254 e. The van der Waals surface area contributed by atoms with Crippen LogP contribution in [-0.2, 0) is 13.0 Å². The van der Waals surface area contributed by atoms with Gasteiger partial charge in [0.1, 0.15) is 0 Å². The second kappa shape index (κ2) is 8.92. The first-order valence-electron chi connectivity index (χ1n) is 7.93. The van der Waals surface area contributed by atoms with E-state index in [0.717, 1.165) is 14.8 Å².